The minimum atomic E-state index is -0.782. The van der Waals surface area contributed by atoms with Gasteiger partial charge < -0.3 is 24.2 Å². The van der Waals surface area contributed by atoms with Crippen LogP contribution in [0.5, 0.6) is 17.2 Å². The Labute approximate surface area is 229 Å². The molecule has 0 bridgehead atoms. The molecule has 1 N–H and O–H groups in total. The van der Waals surface area contributed by atoms with Gasteiger partial charge in [-0.1, -0.05) is 51.1 Å². The van der Waals surface area contributed by atoms with Crippen LogP contribution in [0.1, 0.15) is 49.1 Å². The molecule has 0 spiro atoms. The maximum atomic E-state index is 13.4. The lowest BCUT2D eigenvalue weighted by Gasteiger charge is -2.26. The Morgan fingerprint density at radius 2 is 1.74 bits per heavy atom. The van der Waals surface area contributed by atoms with Crippen LogP contribution in [0, 0.1) is 0 Å². The summed E-state index contributed by atoms with van der Waals surface area (Å²) in [5, 5.41) is 11.4. The van der Waals surface area contributed by atoms with Crippen LogP contribution in [0.4, 0.5) is 0 Å². The lowest BCUT2D eigenvalue weighted by atomic mass is 9.85. The molecule has 2 aliphatic heterocycles. The van der Waals surface area contributed by atoms with E-state index < -0.39 is 17.7 Å². The Morgan fingerprint density at radius 1 is 1.03 bits per heavy atom. The monoisotopic (exact) mass is 577 g/mol. The zero-order valence-electron chi connectivity index (χ0n) is 21.6. The fourth-order valence-electron chi connectivity index (χ4n) is 4.76. The van der Waals surface area contributed by atoms with E-state index in [2.05, 4.69) is 36.7 Å². The van der Waals surface area contributed by atoms with Crippen LogP contribution in [-0.4, -0.2) is 35.6 Å². The highest BCUT2D eigenvalue weighted by atomic mass is 79.9. The second-order valence-corrected chi connectivity index (χ2v) is 11.2. The highest BCUT2D eigenvalue weighted by Gasteiger charge is 2.46. The molecule has 1 saturated heterocycles. The number of amides is 1. The van der Waals surface area contributed by atoms with Crippen molar-refractivity contribution in [1.82, 2.24) is 4.90 Å². The van der Waals surface area contributed by atoms with Crippen molar-refractivity contribution in [3.8, 4) is 17.2 Å². The molecule has 1 fully saturated rings. The summed E-state index contributed by atoms with van der Waals surface area (Å²) in [6.07, 6.45) is 0. The minimum absolute atomic E-state index is 0.0383. The van der Waals surface area contributed by atoms with E-state index >= 15 is 0 Å². The van der Waals surface area contributed by atoms with Gasteiger partial charge in [-0.2, -0.15) is 0 Å². The number of rotatable bonds is 5. The molecular weight excluding hydrogens is 550 g/mol. The third kappa shape index (κ3) is 4.65. The van der Waals surface area contributed by atoms with Gasteiger partial charge in [-0.15, -0.1) is 0 Å². The number of hydrogen-bond donors (Lipinski definition) is 1. The maximum absolute atomic E-state index is 13.4. The lowest BCUT2D eigenvalue weighted by Crippen LogP contribution is -2.29. The van der Waals surface area contributed by atoms with Gasteiger partial charge in [0.2, 0.25) is 6.79 Å². The van der Waals surface area contributed by atoms with Crippen molar-refractivity contribution in [2.24, 2.45) is 0 Å². The molecule has 196 valence electrons. The number of halogens is 1. The standard InChI is InChI=1S/C30H28BrNO6/c1-30(2,3)20-9-6-18(7-10-20)26-25(27(33)19-8-12-22(36-4)21(31)14-19)28(34)29(35)32(26)15-17-5-11-23-24(13-17)38-16-37-23/h5-14,26,33H,15-16H2,1-4H3/b27-25+. The Balaban J connectivity index is 1.62. The molecule has 2 heterocycles. The smallest absolute Gasteiger partial charge is 0.295 e. The number of carbonyl (C=O) groups is 2. The van der Waals surface area contributed by atoms with Gasteiger partial charge in [0.15, 0.2) is 11.5 Å². The van der Waals surface area contributed by atoms with E-state index in [4.69, 9.17) is 14.2 Å². The number of fused-ring (bicyclic) bond motifs is 1. The van der Waals surface area contributed by atoms with Crippen LogP contribution >= 0.6 is 15.9 Å². The highest BCUT2D eigenvalue weighted by Crippen LogP contribution is 2.42. The molecule has 0 radical (unpaired) electrons. The van der Waals surface area contributed by atoms with Gasteiger partial charge in [0, 0.05) is 12.1 Å². The van der Waals surface area contributed by atoms with Crippen LogP contribution in [-0.2, 0) is 21.5 Å². The number of aliphatic hydroxyl groups is 1. The zero-order chi connectivity index (χ0) is 27.2. The number of nitrogens with zero attached hydrogens (tertiary/aromatic N) is 1. The molecule has 3 aromatic rings. The first-order valence-corrected chi connectivity index (χ1v) is 13.0. The fraction of sp³-hybridized carbons (Fsp3) is 0.267. The van der Waals surface area contributed by atoms with E-state index in [0.717, 1.165) is 16.7 Å². The molecule has 1 unspecified atom stereocenters. The van der Waals surface area contributed by atoms with E-state index in [0.29, 0.717) is 27.3 Å². The topological polar surface area (TPSA) is 85.3 Å². The van der Waals surface area contributed by atoms with Crippen molar-refractivity contribution in [1.29, 1.82) is 0 Å². The lowest BCUT2D eigenvalue weighted by molar-refractivity contribution is -0.140. The van der Waals surface area contributed by atoms with Crippen LogP contribution in [0.2, 0.25) is 0 Å². The maximum Gasteiger partial charge on any atom is 0.295 e. The van der Waals surface area contributed by atoms with E-state index in [1.165, 1.54) is 4.90 Å². The first-order chi connectivity index (χ1) is 18.1. The Hall–Kier alpha value is -3.78. The number of carbonyl (C=O) groups excluding carboxylic acids is 2. The molecule has 8 heteroatoms. The predicted molar refractivity (Wildman–Crippen MR) is 146 cm³/mol. The quantitative estimate of drug-likeness (QED) is 0.224. The molecule has 0 saturated carbocycles. The molecular formula is C30H28BrNO6. The molecule has 5 rings (SSSR count). The SMILES string of the molecule is COc1ccc(/C(O)=C2\C(=O)C(=O)N(Cc3ccc4c(c3)OCO4)C2c2ccc(C(C)(C)C)cc2)cc1Br. The summed E-state index contributed by atoms with van der Waals surface area (Å²) >= 11 is 3.44. The summed E-state index contributed by atoms with van der Waals surface area (Å²) in [5.74, 6) is 0.147. The van der Waals surface area contributed by atoms with Gasteiger partial charge in [0.05, 0.1) is 23.2 Å². The van der Waals surface area contributed by atoms with Gasteiger partial charge in [0.1, 0.15) is 11.5 Å². The summed E-state index contributed by atoms with van der Waals surface area (Å²) in [7, 11) is 1.54. The second-order valence-electron chi connectivity index (χ2n) is 10.3. The number of hydrogen-bond acceptors (Lipinski definition) is 6. The number of likely N-dealkylation sites (tertiary alicyclic amines) is 1. The molecule has 3 aromatic carbocycles. The number of ketones is 1. The Morgan fingerprint density at radius 3 is 2.39 bits per heavy atom. The number of benzene rings is 3. The van der Waals surface area contributed by atoms with Gasteiger partial charge >= 0.3 is 0 Å². The van der Waals surface area contributed by atoms with Crippen LogP contribution in [0.15, 0.2) is 70.7 Å². The van der Waals surface area contributed by atoms with Gasteiger partial charge in [-0.3, -0.25) is 9.59 Å². The largest absolute Gasteiger partial charge is 0.507 e. The minimum Gasteiger partial charge on any atom is -0.507 e. The summed E-state index contributed by atoms with van der Waals surface area (Å²) in [4.78, 5) is 28.3. The van der Waals surface area contributed by atoms with E-state index in [9.17, 15) is 14.7 Å². The number of aliphatic hydroxyl groups excluding tert-OH is 1. The normalized spacial score (nSPS) is 18.2. The van der Waals surface area contributed by atoms with Crippen molar-refractivity contribution >= 4 is 33.4 Å². The van der Waals surface area contributed by atoms with Crippen molar-refractivity contribution in [2.45, 2.75) is 38.8 Å². The Bertz CT molecular complexity index is 1450. The van der Waals surface area contributed by atoms with E-state index in [1.807, 2.05) is 36.4 Å². The van der Waals surface area contributed by atoms with E-state index in [-0.39, 0.29) is 30.1 Å². The van der Waals surface area contributed by atoms with Gasteiger partial charge in [-0.25, -0.2) is 0 Å². The average Bonchev–Trinajstić information content (AvgIpc) is 3.46. The number of ether oxygens (including phenoxy) is 3. The third-order valence-electron chi connectivity index (χ3n) is 6.85. The molecule has 0 aromatic heterocycles. The Kier molecular flexibility index (Phi) is 6.69. The van der Waals surface area contributed by atoms with Crippen LogP contribution in [0.25, 0.3) is 5.76 Å². The average molecular weight is 578 g/mol. The van der Waals surface area contributed by atoms with Crippen LogP contribution in [0.3, 0.4) is 0 Å². The zero-order valence-corrected chi connectivity index (χ0v) is 23.2. The van der Waals surface area contributed by atoms with Crippen molar-refractivity contribution in [2.75, 3.05) is 13.9 Å². The third-order valence-corrected chi connectivity index (χ3v) is 7.47. The summed E-state index contributed by atoms with van der Waals surface area (Å²) in [6.45, 7) is 6.65. The molecule has 0 aliphatic carbocycles. The molecule has 1 atom stereocenters. The highest BCUT2D eigenvalue weighted by molar-refractivity contribution is 9.10. The van der Waals surface area contributed by atoms with Gasteiger partial charge in [0.25, 0.3) is 11.7 Å². The van der Waals surface area contributed by atoms with Crippen molar-refractivity contribution < 1.29 is 28.9 Å². The summed E-state index contributed by atoms with van der Waals surface area (Å²) < 4.78 is 16.8. The summed E-state index contributed by atoms with van der Waals surface area (Å²) in [6, 6.07) is 17.5. The number of methoxy groups -OCH3 is 1. The first-order valence-electron chi connectivity index (χ1n) is 12.2. The van der Waals surface area contributed by atoms with Crippen molar-refractivity contribution in [3.63, 3.8) is 0 Å². The molecule has 2 aliphatic rings. The fourth-order valence-corrected chi connectivity index (χ4v) is 5.30. The van der Waals surface area contributed by atoms with Crippen LogP contribution < -0.4 is 14.2 Å². The second kappa shape index (κ2) is 9.83. The molecule has 38 heavy (non-hydrogen) atoms. The van der Waals surface area contributed by atoms with Crippen molar-refractivity contribution in [3.05, 3.63) is 93.0 Å². The molecule has 7 nitrogen and oxygen atoms in total. The predicted octanol–water partition coefficient (Wildman–Crippen LogP) is 6.11. The number of Topliss-reactive ketones (excluding diaryl/α,β-unsaturated/α-hetero) is 1. The summed E-state index contributed by atoms with van der Waals surface area (Å²) in [5.41, 5.74) is 2.99. The van der Waals surface area contributed by atoms with Gasteiger partial charge in [-0.05, 0) is 68.4 Å². The first kappa shape index (κ1) is 25.9. The van der Waals surface area contributed by atoms with E-state index in [1.54, 1.807) is 31.4 Å². The molecule has 1 amide bonds.